The molecule has 7 nitrogen and oxygen atoms in total. The number of aromatic amines is 2. The summed E-state index contributed by atoms with van der Waals surface area (Å²) in [6.45, 7) is 1.57. The third-order valence-electron chi connectivity index (χ3n) is 4.80. The Kier molecular flexibility index (Phi) is 4.57. The van der Waals surface area contributed by atoms with Gasteiger partial charge in [-0.3, -0.25) is 14.2 Å². The zero-order chi connectivity index (χ0) is 19.7. The van der Waals surface area contributed by atoms with Gasteiger partial charge in [0.15, 0.2) is 0 Å². The smallest absolute Gasteiger partial charge is 0.329 e. The lowest BCUT2D eigenvalue weighted by atomic mass is 10.1. The lowest BCUT2D eigenvalue weighted by Crippen LogP contribution is -2.43. The van der Waals surface area contributed by atoms with Crippen LogP contribution < -0.4 is 16.6 Å². The molecule has 4 rings (SSSR count). The third-order valence-corrected chi connectivity index (χ3v) is 4.80. The summed E-state index contributed by atoms with van der Waals surface area (Å²) in [4.78, 5) is 43.0. The van der Waals surface area contributed by atoms with E-state index in [9.17, 15) is 14.4 Å². The minimum Gasteiger partial charge on any atom is -0.361 e. The Bertz CT molecular complexity index is 1280. The van der Waals surface area contributed by atoms with Gasteiger partial charge in [-0.25, -0.2) is 4.79 Å². The number of H-pyrrole nitrogens is 2. The molecule has 4 aromatic rings. The number of benzene rings is 2. The molecule has 0 spiro atoms. The fraction of sp³-hybridized carbons (Fsp3) is 0.190. The quantitative estimate of drug-likeness (QED) is 0.496. The van der Waals surface area contributed by atoms with Crippen molar-refractivity contribution in [1.82, 2.24) is 19.9 Å². The molecule has 3 N–H and O–H groups in total. The zero-order valence-electron chi connectivity index (χ0n) is 15.4. The number of hydrogen-bond acceptors (Lipinski definition) is 3. The Hall–Kier alpha value is -3.61. The van der Waals surface area contributed by atoms with Crippen LogP contribution in [0.5, 0.6) is 0 Å². The highest BCUT2D eigenvalue weighted by Gasteiger charge is 2.14. The molecule has 0 radical (unpaired) electrons. The molecule has 0 bridgehead atoms. The van der Waals surface area contributed by atoms with Gasteiger partial charge >= 0.3 is 5.69 Å². The number of nitrogens with one attached hydrogen (secondary N) is 3. The number of nitrogens with zero attached hydrogens (tertiary/aromatic N) is 1. The van der Waals surface area contributed by atoms with Gasteiger partial charge in [0.05, 0.1) is 10.9 Å². The monoisotopic (exact) mass is 376 g/mol. The second-order valence-corrected chi connectivity index (χ2v) is 6.90. The van der Waals surface area contributed by atoms with Gasteiger partial charge in [0.25, 0.3) is 5.56 Å². The molecule has 2 heterocycles. The zero-order valence-corrected chi connectivity index (χ0v) is 15.4. The van der Waals surface area contributed by atoms with Crippen LogP contribution in [0.3, 0.4) is 0 Å². The summed E-state index contributed by atoms with van der Waals surface area (Å²) in [7, 11) is 0. The van der Waals surface area contributed by atoms with E-state index in [1.807, 2.05) is 37.4 Å². The molecule has 2 aromatic carbocycles. The largest absolute Gasteiger partial charge is 0.361 e. The van der Waals surface area contributed by atoms with Gasteiger partial charge in [-0.1, -0.05) is 30.3 Å². The van der Waals surface area contributed by atoms with E-state index in [2.05, 4.69) is 15.3 Å². The van der Waals surface area contributed by atoms with Crippen LogP contribution in [0.15, 0.2) is 64.3 Å². The van der Waals surface area contributed by atoms with Gasteiger partial charge in [0.2, 0.25) is 5.91 Å². The average molecular weight is 376 g/mol. The molecule has 28 heavy (non-hydrogen) atoms. The van der Waals surface area contributed by atoms with Gasteiger partial charge < -0.3 is 15.3 Å². The van der Waals surface area contributed by atoms with Crippen LogP contribution in [0.4, 0.5) is 0 Å². The molecule has 0 fully saturated rings. The number of aromatic nitrogens is 3. The van der Waals surface area contributed by atoms with Crippen molar-refractivity contribution in [2.24, 2.45) is 0 Å². The van der Waals surface area contributed by atoms with Crippen molar-refractivity contribution in [3.8, 4) is 0 Å². The number of rotatable bonds is 5. The van der Waals surface area contributed by atoms with E-state index >= 15 is 0 Å². The summed E-state index contributed by atoms with van der Waals surface area (Å²) in [6.07, 6.45) is 2.57. The Morgan fingerprint density at radius 1 is 1.04 bits per heavy atom. The van der Waals surface area contributed by atoms with E-state index in [1.165, 1.54) is 0 Å². The number of carbonyl (C=O) groups is 1. The third kappa shape index (κ3) is 3.34. The highest BCUT2D eigenvalue weighted by molar-refractivity contribution is 5.83. The van der Waals surface area contributed by atoms with Crippen molar-refractivity contribution in [3.05, 3.63) is 81.1 Å². The minimum absolute atomic E-state index is 0.151. The van der Waals surface area contributed by atoms with E-state index in [0.717, 1.165) is 21.0 Å². The predicted octanol–water partition coefficient (Wildman–Crippen LogP) is 1.92. The molecular weight excluding hydrogens is 356 g/mol. The summed E-state index contributed by atoms with van der Waals surface area (Å²) in [5.74, 6) is -0.379. The van der Waals surface area contributed by atoms with E-state index in [0.29, 0.717) is 17.3 Å². The first-order chi connectivity index (χ1) is 13.5. The summed E-state index contributed by atoms with van der Waals surface area (Å²) >= 11 is 0. The second-order valence-electron chi connectivity index (χ2n) is 6.90. The average Bonchev–Trinajstić information content (AvgIpc) is 3.08. The Balaban J connectivity index is 1.49. The molecule has 0 aliphatic carbocycles. The van der Waals surface area contributed by atoms with Crippen molar-refractivity contribution in [2.75, 3.05) is 0 Å². The second kappa shape index (κ2) is 7.19. The highest BCUT2D eigenvalue weighted by Crippen LogP contribution is 2.18. The first-order valence-corrected chi connectivity index (χ1v) is 9.09. The summed E-state index contributed by atoms with van der Waals surface area (Å²) in [5.41, 5.74) is 1.54. The lowest BCUT2D eigenvalue weighted by molar-refractivity contribution is -0.122. The van der Waals surface area contributed by atoms with Crippen LogP contribution in [0, 0.1) is 0 Å². The summed E-state index contributed by atoms with van der Waals surface area (Å²) < 4.78 is 0.927. The SMILES string of the molecule is C[C@@H](Cc1c[nH]c2ccccc12)NC(=O)Cn1c(=O)[nH]c2ccccc2c1=O. The number of para-hydroxylation sites is 2. The maximum absolute atomic E-state index is 12.5. The minimum atomic E-state index is -0.594. The molecule has 1 atom stereocenters. The molecule has 142 valence electrons. The van der Waals surface area contributed by atoms with Crippen LogP contribution >= 0.6 is 0 Å². The molecular formula is C21H20N4O3. The highest BCUT2D eigenvalue weighted by atomic mass is 16.2. The normalized spacial score (nSPS) is 12.3. The van der Waals surface area contributed by atoms with Crippen LogP contribution in [0.1, 0.15) is 12.5 Å². The molecule has 0 saturated carbocycles. The number of hydrogen-bond donors (Lipinski definition) is 3. The first kappa shape index (κ1) is 17.8. The standard InChI is InChI=1S/C21H20N4O3/c1-13(10-14-11-22-17-8-4-2-6-15(14)17)23-19(26)12-25-20(27)16-7-3-5-9-18(16)24-21(25)28/h2-9,11,13,22H,10,12H2,1H3,(H,23,26)(H,24,28)/t13-/m0/s1. The van der Waals surface area contributed by atoms with Crippen molar-refractivity contribution < 1.29 is 4.79 Å². The number of amides is 1. The topological polar surface area (TPSA) is 99.8 Å². The molecule has 1 amide bonds. The van der Waals surface area contributed by atoms with E-state index < -0.39 is 11.2 Å². The van der Waals surface area contributed by atoms with Crippen LogP contribution in [0.25, 0.3) is 21.8 Å². The number of carbonyl (C=O) groups excluding carboxylic acids is 1. The fourth-order valence-electron chi connectivity index (χ4n) is 3.49. The van der Waals surface area contributed by atoms with Gasteiger partial charge in [-0.2, -0.15) is 0 Å². The van der Waals surface area contributed by atoms with Crippen molar-refractivity contribution >= 4 is 27.7 Å². The molecule has 0 unspecified atom stereocenters. The molecule has 2 aromatic heterocycles. The van der Waals surface area contributed by atoms with E-state index in [-0.39, 0.29) is 18.5 Å². The molecule has 0 saturated heterocycles. The van der Waals surface area contributed by atoms with E-state index in [4.69, 9.17) is 0 Å². The first-order valence-electron chi connectivity index (χ1n) is 9.09. The summed E-state index contributed by atoms with van der Waals surface area (Å²) in [6, 6.07) is 14.6. The molecule has 0 aliphatic rings. The summed E-state index contributed by atoms with van der Waals surface area (Å²) in [5, 5.41) is 4.36. The van der Waals surface area contributed by atoms with Crippen molar-refractivity contribution in [1.29, 1.82) is 0 Å². The maximum Gasteiger partial charge on any atom is 0.329 e. The number of fused-ring (bicyclic) bond motifs is 2. The Morgan fingerprint density at radius 2 is 1.71 bits per heavy atom. The molecule has 0 aliphatic heterocycles. The van der Waals surface area contributed by atoms with Crippen molar-refractivity contribution in [3.63, 3.8) is 0 Å². The van der Waals surface area contributed by atoms with Gasteiger partial charge in [0.1, 0.15) is 6.54 Å². The fourth-order valence-corrected chi connectivity index (χ4v) is 3.49. The Labute approximate surface area is 160 Å². The Morgan fingerprint density at radius 3 is 2.50 bits per heavy atom. The van der Waals surface area contributed by atoms with Crippen LogP contribution in [0.2, 0.25) is 0 Å². The van der Waals surface area contributed by atoms with Crippen LogP contribution in [-0.2, 0) is 17.8 Å². The van der Waals surface area contributed by atoms with Gasteiger partial charge in [0, 0.05) is 23.1 Å². The van der Waals surface area contributed by atoms with Crippen LogP contribution in [-0.4, -0.2) is 26.5 Å². The molecule has 7 heteroatoms. The van der Waals surface area contributed by atoms with Gasteiger partial charge in [-0.15, -0.1) is 0 Å². The van der Waals surface area contributed by atoms with E-state index in [1.54, 1.807) is 24.3 Å². The maximum atomic E-state index is 12.5. The lowest BCUT2D eigenvalue weighted by Gasteiger charge is -2.14. The van der Waals surface area contributed by atoms with Gasteiger partial charge in [-0.05, 0) is 37.1 Å². The predicted molar refractivity (Wildman–Crippen MR) is 108 cm³/mol. The van der Waals surface area contributed by atoms with Crippen molar-refractivity contribution in [2.45, 2.75) is 25.9 Å².